The molecule has 3 aromatic carbocycles. The van der Waals surface area contributed by atoms with Crippen molar-refractivity contribution in [3.05, 3.63) is 82.9 Å². The standard InChI is InChI=1S/C26H26O4/c1-27-23-13-7-11-21(25(23)29-3)17-15-19-9-5-6-10-20(19)16-18-22-12-8-14-24(28-2)26(22)30-4/h5-18H,1-4H3/b17-15+,18-16+. The van der Waals surface area contributed by atoms with Gasteiger partial charge in [-0.25, -0.2) is 0 Å². The van der Waals surface area contributed by atoms with E-state index in [0.29, 0.717) is 23.0 Å². The van der Waals surface area contributed by atoms with Crippen molar-refractivity contribution in [2.45, 2.75) is 0 Å². The lowest BCUT2D eigenvalue weighted by Crippen LogP contribution is -1.92. The summed E-state index contributed by atoms with van der Waals surface area (Å²) in [6.07, 6.45) is 8.19. The van der Waals surface area contributed by atoms with E-state index in [1.165, 1.54) is 0 Å². The molecule has 0 N–H and O–H groups in total. The van der Waals surface area contributed by atoms with Crippen LogP contribution in [0.3, 0.4) is 0 Å². The third-order valence-electron chi connectivity index (χ3n) is 4.75. The minimum absolute atomic E-state index is 0.706. The molecule has 0 aliphatic heterocycles. The highest BCUT2D eigenvalue weighted by molar-refractivity contribution is 5.82. The fourth-order valence-corrected chi connectivity index (χ4v) is 3.26. The van der Waals surface area contributed by atoms with E-state index < -0.39 is 0 Å². The fraction of sp³-hybridized carbons (Fsp3) is 0.154. The molecule has 0 unspecified atom stereocenters. The molecule has 3 rings (SSSR count). The topological polar surface area (TPSA) is 36.9 Å². The van der Waals surface area contributed by atoms with Crippen LogP contribution < -0.4 is 18.9 Å². The quantitative estimate of drug-likeness (QED) is 0.429. The Balaban J connectivity index is 1.93. The smallest absolute Gasteiger partial charge is 0.167 e. The number of hydrogen-bond donors (Lipinski definition) is 0. The molecule has 0 heterocycles. The third-order valence-corrected chi connectivity index (χ3v) is 4.75. The van der Waals surface area contributed by atoms with Crippen LogP contribution in [0.2, 0.25) is 0 Å². The zero-order valence-electron chi connectivity index (χ0n) is 17.7. The van der Waals surface area contributed by atoms with Gasteiger partial charge in [0.05, 0.1) is 28.4 Å². The van der Waals surface area contributed by atoms with Gasteiger partial charge in [0.15, 0.2) is 23.0 Å². The van der Waals surface area contributed by atoms with Crippen molar-refractivity contribution in [2.24, 2.45) is 0 Å². The minimum atomic E-state index is 0.706. The molecule has 0 saturated carbocycles. The highest BCUT2D eigenvalue weighted by Gasteiger charge is 2.08. The summed E-state index contributed by atoms with van der Waals surface area (Å²) < 4.78 is 21.8. The average Bonchev–Trinajstić information content (AvgIpc) is 2.80. The van der Waals surface area contributed by atoms with Gasteiger partial charge in [-0.05, 0) is 23.3 Å². The van der Waals surface area contributed by atoms with Crippen molar-refractivity contribution in [2.75, 3.05) is 28.4 Å². The van der Waals surface area contributed by atoms with Crippen LogP contribution in [-0.4, -0.2) is 28.4 Å². The van der Waals surface area contributed by atoms with Gasteiger partial charge < -0.3 is 18.9 Å². The van der Waals surface area contributed by atoms with E-state index in [1.807, 2.05) is 60.7 Å². The van der Waals surface area contributed by atoms with Crippen molar-refractivity contribution < 1.29 is 18.9 Å². The lowest BCUT2D eigenvalue weighted by molar-refractivity contribution is 0.354. The Hall–Kier alpha value is -3.66. The zero-order valence-corrected chi connectivity index (χ0v) is 17.7. The van der Waals surface area contributed by atoms with E-state index in [1.54, 1.807) is 28.4 Å². The van der Waals surface area contributed by atoms with E-state index >= 15 is 0 Å². The molecule has 0 atom stereocenters. The second-order valence-corrected chi connectivity index (χ2v) is 6.46. The normalized spacial score (nSPS) is 11.1. The van der Waals surface area contributed by atoms with Gasteiger partial charge in [-0.1, -0.05) is 72.8 Å². The molecule has 4 nitrogen and oxygen atoms in total. The van der Waals surface area contributed by atoms with Gasteiger partial charge >= 0.3 is 0 Å². The number of rotatable bonds is 8. The molecular formula is C26H26O4. The largest absolute Gasteiger partial charge is 0.493 e. The number of ether oxygens (including phenoxy) is 4. The van der Waals surface area contributed by atoms with Crippen LogP contribution in [0.15, 0.2) is 60.7 Å². The fourth-order valence-electron chi connectivity index (χ4n) is 3.26. The summed E-state index contributed by atoms with van der Waals surface area (Å²) in [5, 5.41) is 0. The van der Waals surface area contributed by atoms with E-state index in [9.17, 15) is 0 Å². The first-order valence-corrected chi connectivity index (χ1v) is 9.59. The van der Waals surface area contributed by atoms with Crippen molar-refractivity contribution in [1.29, 1.82) is 0 Å². The average molecular weight is 402 g/mol. The van der Waals surface area contributed by atoms with Crippen LogP contribution >= 0.6 is 0 Å². The molecule has 0 aromatic heterocycles. The van der Waals surface area contributed by atoms with E-state index in [-0.39, 0.29) is 0 Å². The number of methoxy groups -OCH3 is 4. The molecule has 0 aliphatic carbocycles. The second-order valence-electron chi connectivity index (χ2n) is 6.46. The summed E-state index contributed by atoms with van der Waals surface area (Å²) in [5.74, 6) is 2.84. The summed E-state index contributed by atoms with van der Waals surface area (Å²) in [6.45, 7) is 0. The third kappa shape index (κ3) is 4.66. The monoisotopic (exact) mass is 402 g/mol. The van der Waals surface area contributed by atoms with Gasteiger partial charge in [0.1, 0.15) is 0 Å². The Kier molecular flexibility index (Phi) is 7.17. The first-order chi connectivity index (χ1) is 14.7. The van der Waals surface area contributed by atoms with Crippen molar-refractivity contribution >= 4 is 24.3 Å². The second kappa shape index (κ2) is 10.2. The van der Waals surface area contributed by atoms with Crippen LogP contribution in [0.25, 0.3) is 24.3 Å². The zero-order chi connectivity index (χ0) is 21.3. The molecule has 4 heteroatoms. The van der Waals surface area contributed by atoms with E-state index in [2.05, 4.69) is 24.3 Å². The van der Waals surface area contributed by atoms with Crippen LogP contribution in [-0.2, 0) is 0 Å². The Bertz CT molecular complexity index is 966. The van der Waals surface area contributed by atoms with Gasteiger partial charge in [-0.3, -0.25) is 0 Å². The van der Waals surface area contributed by atoms with Gasteiger partial charge in [-0.15, -0.1) is 0 Å². The molecule has 0 bridgehead atoms. The molecule has 0 amide bonds. The van der Waals surface area contributed by atoms with Crippen LogP contribution in [0.4, 0.5) is 0 Å². The molecule has 0 radical (unpaired) electrons. The number of hydrogen-bond acceptors (Lipinski definition) is 4. The highest BCUT2D eigenvalue weighted by atomic mass is 16.5. The van der Waals surface area contributed by atoms with Crippen LogP contribution in [0.5, 0.6) is 23.0 Å². The number of para-hydroxylation sites is 2. The maximum atomic E-state index is 5.52. The molecule has 0 aliphatic rings. The summed E-state index contributed by atoms with van der Waals surface area (Å²) in [4.78, 5) is 0. The summed E-state index contributed by atoms with van der Waals surface area (Å²) in [5.41, 5.74) is 4.07. The molecular weight excluding hydrogens is 376 g/mol. The van der Waals surface area contributed by atoms with E-state index in [0.717, 1.165) is 22.3 Å². The Morgan fingerprint density at radius 3 is 1.17 bits per heavy atom. The number of benzene rings is 3. The molecule has 0 saturated heterocycles. The summed E-state index contributed by atoms with van der Waals surface area (Å²) in [6, 6.07) is 19.8. The van der Waals surface area contributed by atoms with Crippen molar-refractivity contribution in [3.63, 3.8) is 0 Å². The predicted molar refractivity (Wildman–Crippen MR) is 123 cm³/mol. The van der Waals surface area contributed by atoms with Crippen molar-refractivity contribution in [3.8, 4) is 23.0 Å². The van der Waals surface area contributed by atoms with Gasteiger partial charge in [0, 0.05) is 11.1 Å². The molecule has 3 aromatic rings. The maximum Gasteiger partial charge on any atom is 0.167 e. The SMILES string of the molecule is COc1cccc(/C=C/c2ccccc2/C=C/c2cccc(OC)c2OC)c1OC. The van der Waals surface area contributed by atoms with Gasteiger partial charge in [-0.2, -0.15) is 0 Å². The highest BCUT2D eigenvalue weighted by Crippen LogP contribution is 2.33. The maximum absolute atomic E-state index is 5.52. The lowest BCUT2D eigenvalue weighted by Gasteiger charge is -2.10. The molecule has 30 heavy (non-hydrogen) atoms. The Morgan fingerprint density at radius 1 is 0.433 bits per heavy atom. The van der Waals surface area contributed by atoms with Gasteiger partial charge in [0.25, 0.3) is 0 Å². The Labute approximate surface area is 178 Å². The Morgan fingerprint density at radius 2 is 0.800 bits per heavy atom. The predicted octanol–water partition coefficient (Wildman–Crippen LogP) is 6.06. The van der Waals surface area contributed by atoms with Crippen LogP contribution in [0, 0.1) is 0 Å². The molecule has 0 fully saturated rings. The summed E-state index contributed by atoms with van der Waals surface area (Å²) in [7, 11) is 6.57. The molecule has 154 valence electrons. The van der Waals surface area contributed by atoms with Gasteiger partial charge in [0.2, 0.25) is 0 Å². The minimum Gasteiger partial charge on any atom is -0.493 e. The first kappa shape index (κ1) is 21.1. The van der Waals surface area contributed by atoms with Crippen LogP contribution in [0.1, 0.15) is 22.3 Å². The molecule has 0 spiro atoms. The van der Waals surface area contributed by atoms with E-state index in [4.69, 9.17) is 18.9 Å². The first-order valence-electron chi connectivity index (χ1n) is 9.59. The van der Waals surface area contributed by atoms with Crippen molar-refractivity contribution in [1.82, 2.24) is 0 Å². The lowest BCUT2D eigenvalue weighted by atomic mass is 10.0. The summed E-state index contributed by atoms with van der Waals surface area (Å²) >= 11 is 0.